The lowest BCUT2D eigenvalue weighted by Gasteiger charge is -2.07. The van der Waals surface area contributed by atoms with Gasteiger partial charge in [-0.15, -0.1) is 0 Å². The number of hydrogen-bond acceptors (Lipinski definition) is 4. The highest BCUT2D eigenvalue weighted by atomic mass is 14.9. The van der Waals surface area contributed by atoms with Gasteiger partial charge in [-0.3, -0.25) is 9.97 Å². The molecule has 4 rings (SSSR count). The van der Waals surface area contributed by atoms with Crippen LogP contribution in [0.3, 0.4) is 0 Å². The van der Waals surface area contributed by atoms with Crippen LogP contribution < -0.4 is 0 Å². The molecule has 0 saturated carbocycles. The molecule has 4 heteroatoms. The van der Waals surface area contributed by atoms with Crippen molar-refractivity contribution in [1.82, 2.24) is 19.9 Å². The molecule has 0 radical (unpaired) electrons. The highest BCUT2D eigenvalue weighted by Crippen LogP contribution is 2.25. The minimum Gasteiger partial charge on any atom is -0.265 e. The number of benzene rings is 1. The molecule has 0 aliphatic carbocycles. The zero-order chi connectivity index (χ0) is 17.1. The van der Waals surface area contributed by atoms with Crippen molar-refractivity contribution in [2.24, 2.45) is 0 Å². The van der Waals surface area contributed by atoms with E-state index < -0.39 is 0 Å². The Bertz CT molecular complexity index is 981. The Balaban J connectivity index is 1.71. The molecule has 0 amide bonds. The first-order valence-electron chi connectivity index (χ1n) is 8.06. The first-order valence-corrected chi connectivity index (χ1v) is 8.06. The van der Waals surface area contributed by atoms with E-state index in [1.165, 1.54) is 0 Å². The monoisotopic (exact) mass is 324 g/mol. The van der Waals surface area contributed by atoms with Crippen molar-refractivity contribution in [2.45, 2.75) is 6.92 Å². The first kappa shape index (κ1) is 15.1. The highest BCUT2D eigenvalue weighted by Gasteiger charge is 2.07. The van der Waals surface area contributed by atoms with Crippen LogP contribution in [0, 0.1) is 6.92 Å². The maximum Gasteiger partial charge on any atom is 0.160 e. The third kappa shape index (κ3) is 3.28. The van der Waals surface area contributed by atoms with E-state index in [9.17, 15) is 0 Å². The third-order valence-corrected chi connectivity index (χ3v) is 3.99. The largest absolute Gasteiger partial charge is 0.265 e. The Kier molecular flexibility index (Phi) is 4.01. The lowest BCUT2D eigenvalue weighted by Crippen LogP contribution is -1.95. The summed E-state index contributed by atoms with van der Waals surface area (Å²) in [6, 6.07) is 18.3. The number of aromatic nitrogens is 4. The van der Waals surface area contributed by atoms with Gasteiger partial charge in [-0.25, -0.2) is 9.97 Å². The van der Waals surface area contributed by atoms with E-state index in [0.717, 1.165) is 39.5 Å². The molecule has 0 fully saturated rings. The van der Waals surface area contributed by atoms with Gasteiger partial charge in [0.05, 0.1) is 5.69 Å². The Labute approximate surface area is 146 Å². The summed E-state index contributed by atoms with van der Waals surface area (Å²) in [7, 11) is 0. The molecule has 0 bridgehead atoms. The number of rotatable bonds is 3. The van der Waals surface area contributed by atoms with Gasteiger partial charge in [0.2, 0.25) is 0 Å². The molecule has 0 aliphatic rings. The van der Waals surface area contributed by atoms with Crippen molar-refractivity contribution < 1.29 is 0 Å². The first-order chi connectivity index (χ1) is 12.3. The van der Waals surface area contributed by atoms with Crippen LogP contribution in [0.2, 0.25) is 0 Å². The SMILES string of the molecule is Cc1cc(-c2ccc(-c3ccncc3)cc2)nc(-c2ccncc2)n1. The predicted molar refractivity (Wildman–Crippen MR) is 98.7 cm³/mol. The van der Waals surface area contributed by atoms with E-state index in [1.54, 1.807) is 24.8 Å². The molecular weight excluding hydrogens is 308 g/mol. The number of hydrogen-bond donors (Lipinski definition) is 0. The quantitative estimate of drug-likeness (QED) is 0.553. The van der Waals surface area contributed by atoms with E-state index in [2.05, 4.69) is 39.2 Å². The Hall–Kier alpha value is -3.40. The number of nitrogens with zero attached hydrogens (tertiary/aromatic N) is 4. The minimum atomic E-state index is 0.718. The normalized spacial score (nSPS) is 10.6. The fourth-order valence-corrected chi connectivity index (χ4v) is 2.72. The molecule has 3 heterocycles. The zero-order valence-corrected chi connectivity index (χ0v) is 13.8. The molecule has 0 spiro atoms. The molecule has 25 heavy (non-hydrogen) atoms. The minimum absolute atomic E-state index is 0.718. The Morgan fingerprint density at radius 3 is 1.72 bits per heavy atom. The van der Waals surface area contributed by atoms with Gasteiger partial charge >= 0.3 is 0 Å². The second kappa shape index (κ2) is 6.61. The summed E-state index contributed by atoms with van der Waals surface area (Å²) < 4.78 is 0. The third-order valence-electron chi connectivity index (χ3n) is 3.99. The van der Waals surface area contributed by atoms with E-state index in [1.807, 2.05) is 37.3 Å². The predicted octanol–water partition coefficient (Wildman–Crippen LogP) is 4.58. The molecule has 0 atom stereocenters. The molecular formula is C21H16N4. The average molecular weight is 324 g/mol. The van der Waals surface area contributed by atoms with Gasteiger partial charge < -0.3 is 0 Å². The second-order valence-corrected chi connectivity index (χ2v) is 5.77. The molecule has 0 unspecified atom stereocenters. The molecule has 4 nitrogen and oxygen atoms in total. The summed E-state index contributed by atoms with van der Waals surface area (Å²) in [4.78, 5) is 17.4. The summed E-state index contributed by atoms with van der Waals surface area (Å²) in [6.45, 7) is 1.99. The standard InChI is InChI=1S/C21H16N4/c1-15-14-20(25-21(24-15)19-8-12-23-13-9-19)18-4-2-16(3-5-18)17-6-10-22-11-7-17/h2-14H,1H3. The van der Waals surface area contributed by atoms with Gasteiger partial charge in [0, 0.05) is 41.6 Å². The van der Waals surface area contributed by atoms with E-state index in [4.69, 9.17) is 4.98 Å². The van der Waals surface area contributed by atoms with Crippen molar-refractivity contribution in [2.75, 3.05) is 0 Å². The summed E-state index contributed by atoms with van der Waals surface area (Å²) in [5.74, 6) is 0.718. The van der Waals surface area contributed by atoms with Crippen LogP contribution in [-0.2, 0) is 0 Å². The van der Waals surface area contributed by atoms with Crippen molar-refractivity contribution >= 4 is 0 Å². The van der Waals surface area contributed by atoms with E-state index >= 15 is 0 Å². The van der Waals surface area contributed by atoms with Crippen molar-refractivity contribution in [3.05, 3.63) is 85.1 Å². The van der Waals surface area contributed by atoms with Crippen molar-refractivity contribution in [3.8, 4) is 33.8 Å². The lowest BCUT2D eigenvalue weighted by atomic mass is 10.0. The van der Waals surface area contributed by atoms with Crippen LogP contribution in [0.4, 0.5) is 0 Å². The van der Waals surface area contributed by atoms with Gasteiger partial charge in [-0.05, 0) is 48.4 Å². The van der Waals surface area contributed by atoms with Gasteiger partial charge in [0.1, 0.15) is 0 Å². The van der Waals surface area contributed by atoms with Crippen molar-refractivity contribution in [1.29, 1.82) is 0 Å². The van der Waals surface area contributed by atoms with Gasteiger partial charge in [0.25, 0.3) is 0 Å². The molecule has 120 valence electrons. The summed E-state index contributed by atoms with van der Waals surface area (Å²) in [5, 5.41) is 0. The fourth-order valence-electron chi connectivity index (χ4n) is 2.72. The molecule has 0 N–H and O–H groups in total. The zero-order valence-electron chi connectivity index (χ0n) is 13.8. The van der Waals surface area contributed by atoms with Crippen LogP contribution in [0.5, 0.6) is 0 Å². The average Bonchev–Trinajstić information content (AvgIpc) is 2.69. The highest BCUT2D eigenvalue weighted by molar-refractivity contribution is 5.69. The van der Waals surface area contributed by atoms with E-state index in [0.29, 0.717) is 0 Å². The number of aryl methyl sites for hydroxylation is 1. The second-order valence-electron chi connectivity index (χ2n) is 5.77. The topological polar surface area (TPSA) is 51.6 Å². The van der Waals surface area contributed by atoms with E-state index in [-0.39, 0.29) is 0 Å². The smallest absolute Gasteiger partial charge is 0.160 e. The van der Waals surface area contributed by atoms with Crippen LogP contribution >= 0.6 is 0 Å². The van der Waals surface area contributed by atoms with Gasteiger partial charge in [-0.2, -0.15) is 0 Å². The van der Waals surface area contributed by atoms with Gasteiger partial charge in [-0.1, -0.05) is 24.3 Å². The summed E-state index contributed by atoms with van der Waals surface area (Å²) >= 11 is 0. The van der Waals surface area contributed by atoms with Crippen LogP contribution in [0.1, 0.15) is 5.69 Å². The summed E-state index contributed by atoms with van der Waals surface area (Å²) in [6.07, 6.45) is 7.12. The maximum absolute atomic E-state index is 4.73. The lowest BCUT2D eigenvalue weighted by molar-refractivity contribution is 1.11. The molecule has 0 aliphatic heterocycles. The van der Waals surface area contributed by atoms with Crippen LogP contribution in [-0.4, -0.2) is 19.9 Å². The molecule has 4 aromatic rings. The van der Waals surface area contributed by atoms with Crippen molar-refractivity contribution in [3.63, 3.8) is 0 Å². The Morgan fingerprint density at radius 1 is 0.560 bits per heavy atom. The molecule has 0 saturated heterocycles. The van der Waals surface area contributed by atoms with Crippen LogP contribution in [0.25, 0.3) is 33.8 Å². The van der Waals surface area contributed by atoms with Gasteiger partial charge in [0.15, 0.2) is 5.82 Å². The molecule has 1 aromatic carbocycles. The number of pyridine rings is 2. The molecule has 3 aromatic heterocycles. The maximum atomic E-state index is 4.73. The summed E-state index contributed by atoms with van der Waals surface area (Å²) in [5.41, 5.74) is 6.20. The van der Waals surface area contributed by atoms with Crippen LogP contribution in [0.15, 0.2) is 79.4 Å². The Morgan fingerprint density at radius 2 is 1.08 bits per heavy atom. The fraction of sp³-hybridized carbons (Fsp3) is 0.0476.